The summed E-state index contributed by atoms with van der Waals surface area (Å²) in [5, 5.41) is 1.77. The molecule has 0 spiro atoms. The zero-order valence-corrected chi connectivity index (χ0v) is 27.1. The van der Waals surface area contributed by atoms with E-state index in [0.29, 0.717) is 30.9 Å². The van der Waals surface area contributed by atoms with Gasteiger partial charge in [0.25, 0.3) is 10.0 Å². The maximum atomic E-state index is 13.5. The van der Waals surface area contributed by atoms with Crippen molar-refractivity contribution in [2.45, 2.75) is 94.7 Å². The van der Waals surface area contributed by atoms with Gasteiger partial charge >= 0.3 is 0 Å². The molecule has 8 nitrogen and oxygen atoms in total. The number of likely N-dealkylation sites (tertiary alicyclic amines) is 1. The van der Waals surface area contributed by atoms with Crippen molar-refractivity contribution in [3.8, 4) is 22.6 Å². The Morgan fingerprint density at radius 3 is 2.55 bits per heavy atom. The number of nitrogens with one attached hydrogen (secondary N) is 1. The van der Waals surface area contributed by atoms with Gasteiger partial charge in [-0.3, -0.25) is 9.59 Å². The van der Waals surface area contributed by atoms with Crippen LogP contribution in [0.1, 0.15) is 84.5 Å². The second kappa shape index (κ2) is 14.4. The first-order chi connectivity index (χ1) is 20.1. The van der Waals surface area contributed by atoms with E-state index in [0.717, 1.165) is 54.6 Å². The molecule has 1 amide bonds. The standard InChI is InChI=1S/C32H46N2O6S2/c1-5-6-7-8-9-16-32(2)17-10-12-25(32)27(35)21-34-18-11-13-26(31(34)36)33-42(37,38)30-20-24(22-41-30)23-14-15-28(39-3)29(19-23)40-4/h14-15,19-20,22,25-26,33H,5-13,16-18,21H2,1-4H3/t25?,26-,32+/m0/s1. The van der Waals surface area contributed by atoms with Crippen LogP contribution in [0.25, 0.3) is 11.1 Å². The Bertz CT molecular complexity index is 1340. The lowest BCUT2D eigenvalue weighted by Crippen LogP contribution is -2.54. The van der Waals surface area contributed by atoms with Crippen LogP contribution in [0.3, 0.4) is 0 Å². The molecular weight excluding hydrogens is 572 g/mol. The zero-order chi connectivity index (χ0) is 30.3. The molecule has 1 aromatic carbocycles. The van der Waals surface area contributed by atoms with E-state index in [1.807, 2.05) is 6.07 Å². The Morgan fingerprint density at radius 2 is 1.81 bits per heavy atom. The van der Waals surface area contributed by atoms with Gasteiger partial charge in [0.1, 0.15) is 10.3 Å². The van der Waals surface area contributed by atoms with E-state index in [9.17, 15) is 18.0 Å². The number of piperidine rings is 1. The normalized spacial score (nSPS) is 22.9. The van der Waals surface area contributed by atoms with E-state index in [2.05, 4.69) is 18.6 Å². The summed E-state index contributed by atoms with van der Waals surface area (Å²) in [6, 6.07) is 6.14. The minimum Gasteiger partial charge on any atom is -0.493 e. The second-order valence-electron chi connectivity index (χ2n) is 12.0. The van der Waals surface area contributed by atoms with E-state index < -0.39 is 16.1 Å². The van der Waals surface area contributed by atoms with Crippen molar-refractivity contribution in [2.75, 3.05) is 27.3 Å². The third-order valence-electron chi connectivity index (χ3n) is 9.05. The molecule has 0 bridgehead atoms. The van der Waals surface area contributed by atoms with Crippen molar-refractivity contribution in [1.29, 1.82) is 0 Å². The number of nitrogens with zero attached hydrogens (tertiary/aromatic N) is 1. The third kappa shape index (κ3) is 7.55. The molecule has 1 saturated heterocycles. The number of amides is 1. The minimum absolute atomic E-state index is 0.00605. The Balaban J connectivity index is 1.38. The number of hydrogen-bond donors (Lipinski definition) is 1. The van der Waals surface area contributed by atoms with Crippen molar-refractivity contribution in [3.63, 3.8) is 0 Å². The summed E-state index contributed by atoms with van der Waals surface area (Å²) in [5.41, 5.74) is 1.52. The van der Waals surface area contributed by atoms with E-state index in [4.69, 9.17) is 9.47 Å². The number of sulfonamides is 1. The Morgan fingerprint density at radius 1 is 1.05 bits per heavy atom. The number of Topliss-reactive ketones (excluding diaryl/α,β-unsaturated/α-hetero) is 1. The minimum atomic E-state index is -3.93. The van der Waals surface area contributed by atoms with Gasteiger partial charge in [-0.2, -0.15) is 4.72 Å². The number of ketones is 1. The van der Waals surface area contributed by atoms with Gasteiger partial charge < -0.3 is 14.4 Å². The van der Waals surface area contributed by atoms with Gasteiger partial charge in [0, 0.05) is 12.5 Å². The first-order valence-corrected chi connectivity index (χ1v) is 17.6. The molecule has 2 fully saturated rings. The van der Waals surface area contributed by atoms with Crippen LogP contribution in [0.15, 0.2) is 33.9 Å². The predicted octanol–water partition coefficient (Wildman–Crippen LogP) is 6.44. The van der Waals surface area contributed by atoms with Gasteiger partial charge in [0.2, 0.25) is 5.91 Å². The van der Waals surface area contributed by atoms with Gasteiger partial charge in [-0.05, 0) is 72.2 Å². The van der Waals surface area contributed by atoms with Crippen LogP contribution in [-0.2, 0) is 19.6 Å². The number of hydrogen-bond acceptors (Lipinski definition) is 7. The van der Waals surface area contributed by atoms with Crippen LogP contribution in [0.2, 0.25) is 0 Å². The number of unbranched alkanes of at least 4 members (excludes halogenated alkanes) is 4. The maximum Gasteiger partial charge on any atom is 0.250 e. The molecule has 10 heteroatoms. The number of carbonyl (C=O) groups is 2. The Kier molecular flexibility index (Phi) is 11.1. The molecule has 1 aliphatic heterocycles. The van der Waals surface area contributed by atoms with E-state index >= 15 is 0 Å². The van der Waals surface area contributed by atoms with Crippen LogP contribution >= 0.6 is 11.3 Å². The Labute approximate surface area is 255 Å². The van der Waals surface area contributed by atoms with E-state index in [1.165, 1.54) is 25.7 Å². The lowest BCUT2D eigenvalue weighted by Gasteiger charge is -2.35. The first kappa shape index (κ1) is 32.5. The molecule has 0 radical (unpaired) electrons. The molecule has 2 aromatic rings. The smallest absolute Gasteiger partial charge is 0.250 e. The lowest BCUT2D eigenvalue weighted by atomic mass is 9.73. The number of benzene rings is 1. The number of carbonyl (C=O) groups excluding carboxylic acids is 2. The zero-order valence-electron chi connectivity index (χ0n) is 25.4. The predicted molar refractivity (Wildman–Crippen MR) is 167 cm³/mol. The SMILES string of the molecule is CCCCCCC[C@]1(C)CCCC1C(=O)CN1CCC[C@H](NS(=O)(=O)c2cc(-c3ccc(OC)c(OC)c3)cs2)C1=O. The molecule has 3 atom stereocenters. The van der Waals surface area contributed by atoms with Gasteiger partial charge in [-0.1, -0.05) is 58.4 Å². The van der Waals surface area contributed by atoms with Gasteiger partial charge in [0.05, 0.1) is 20.8 Å². The van der Waals surface area contributed by atoms with Gasteiger partial charge in [0.15, 0.2) is 17.3 Å². The topological polar surface area (TPSA) is 102 Å². The van der Waals surface area contributed by atoms with Crippen molar-refractivity contribution in [2.24, 2.45) is 11.3 Å². The molecule has 42 heavy (non-hydrogen) atoms. The quantitative estimate of drug-likeness (QED) is 0.231. The van der Waals surface area contributed by atoms with Gasteiger partial charge in [-0.25, -0.2) is 8.42 Å². The van der Waals surface area contributed by atoms with Crippen LogP contribution in [0.4, 0.5) is 0 Å². The highest BCUT2D eigenvalue weighted by molar-refractivity contribution is 7.91. The summed E-state index contributed by atoms with van der Waals surface area (Å²) in [7, 11) is -0.821. The fourth-order valence-corrected chi connectivity index (χ4v) is 9.02. The summed E-state index contributed by atoms with van der Waals surface area (Å²) in [6.45, 7) is 5.00. The number of ether oxygens (including phenoxy) is 2. The average Bonchev–Trinajstić information content (AvgIpc) is 3.63. The molecule has 232 valence electrons. The summed E-state index contributed by atoms with van der Waals surface area (Å²) in [6.07, 6.45) is 11.2. The summed E-state index contributed by atoms with van der Waals surface area (Å²) >= 11 is 1.10. The molecule has 1 saturated carbocycles. The fraction of sp³-hybridized carbons (Fsp3) is 0.625. The molecule has 2 aliphatic rings. The highest BCUT2D eigenvalue weighted by atomic mass is 32.2. The van der Waals surface area contributed by atoms with Crippen molar-refractivity contribution in [1.82, 2.24) is 9.62 Å². The van der Waals surface area contributed by atoms with E-state index in [1.54, 1.807) is 42.7 Å². The van der Waals surface area contributed by atoms with Crippen LogP contribution in [0.5, 0.6) is 11.5 Å². The fourth-order valence-electron chi connectivity index (χ4n) is 6.59. The van der Waals surface area contributed by atoms with E-state index in [-0.39, 0.29) is 33.8 Å². The highest BCUT2D eigenvalue weighted by Gasteiger charge is 2.43. The molecule has 1 unspecified atom stereocenters. The molecular formula is C32H46N2O6S2. The second-order valence-corrected chi connectivity index (χ2v) is 14.9. The summed E-state index contributed by atoms with van der Waals surface area (Å²) in [4.78, 5) is 28.5. The molecule has 2 heterocycles. The lowest BCUT2D eigenvalue weighted by molar-refractivity contribution is -0.141. The number of methoxy groups -OCH3 is 2. The Hall–Kier alpha value is -2.43. The summed E-state index contributed by atoms with van der Waals surface area (Å²) in [5.74, 6) is 0.919. The van der Waals surface area contributed by atoms with Gasteiger partial charge in [-0.15, -0.1) is 11.3 Å². The van der Waals surface area contributed by atoms with Crippen LogP contribution in [-0.4, -0.2) is 58.4 Å². The molecule has 1 aromatic heterocycles. The van der Waals surface area contributed by atoms with Crippen molar-refractivity contribution < 1.29 is 27.5 Å². The third-order valence-corrected chi connectivity index (χ3v) is 12.0. The molecule has 1 N–H and O–H groups in total. The monoisotopic (exact) mass is 618 g/mol. The number of thiophene rings is 1. The van der Waals surface area contributed by atoms with Crippen LogP contribution < -0.4 is 14.2 Å². The first-order valence-electron chi connectivity index (χ1n) is 15.3. The molecule has 4 rings (SSSR count). The van der Waals surface area contributed by atoms with Crippen molar-refractivity contribution >= 4 is 33.1 Å². The van der Waals surface area contributed by atoms with Crippen molar-refractivity contribution in [3.05, 3.63) is 29.6 Å². The molecule has 1 aliphatic carbocycles. The largest absolute Gasteiger partial charge is 0.493 e. The average molecular weight is 619 g/mol. The van der Waals surface area contributed by atoms with Crippen LogP contribution in [0, 0.1) is 11.3 Å². The maximum absolute atomic E-state index is 13.5. The number of rotatable bonds is 15. The summed E-state index contributed by atoms with van der Waals surface area (Å²) < 4.78 is 40.1. The highest BCUT2D eigenvalue weighted by Crippen LogP contribution is 2.47.